The summed E-state index contributed by atoms with van der Waals surface area (Å²) in [5.41, 5.74) is 1.12. The lowest BCUT2D eigenvalue weighted by Gasteiger charge is -2.27. The first kappa shape index (κ1) is 20.5. The number of ether oxygens (including phenoxy) is 3. The van der Waals surface area contributed by atoms with Gasteiger partial charge in [-0.15, -0.1) is 6.58 Å². The molecule has 136 valence electrons. The molecule has 0 aliphatic heterocycles. The molecule has 1 aromatic carbocycles. The summed E-state index contributed by atoms with van der Waals surface area (Å²) in [5, 5.41) is 10.2. The van der Waals surface area contributed by atoms with Crippen molar-refractivity contribution in [2.75, 3.05) is 40.5 Å². The predicted octanol–water partition coefficient (Wildman–Crippen LogP) is 2.73. The Kier molecular flexibility index (Phi) is 9.45. The number of rotatable bonds is 12. The van der Waals surface area contributed by atoms with Gasteiger partial charge in [0.05, 0.1) is 33.5 Å². The van der Waals surface area contributed by atoms with E-state index in [0.29, 0.717) is 25.7 Å². The van der Waals surface area contributed by atoms with E-state index in [4.69, 9.17) is 14.2 Å². The maximum atomic E-state index is 10.2. The van der Waals surface area contributed by atoms with Gasteiger partial charge in [-0.25, -0.2) is 0 Å². The van der Waals surface area contributed by atoms with Gasteiger partial charge in [-0.3, -0.25) is 4.90 Å². The molecule has 1 aromatic rings. The molecule has 5 nitrogen and oxygen atoms in total. The average molecular weight is 337 g/mol. The van der Waals surface area contributed by atoms with Gasteiger partial charge in [0.25, 0.3) is 0 Å². The van der Waals surface area contributed by atoms with E-state index >= 15 is 0 Å². The molecule has 1 atom stereocenters. The topological polar surface area (TPSA) is 51.2 Å². The molecule has 0 fully saturated rings. The highest BCUT2D eigenvalue weighted by molar-refractivity contribution is 5.42. The van der Waals surface area contributed by atoms with Crippen LogP contribution in [0.5, 0.6) is 11.5 Å². The summed E-state index contributed by atoms with van der Waals surface area (Å²) in [6.45, 7) is 10.9. The third-order valence-electron chi connectivity index (χ3n) is 3.49. The van der Waals surface area contributed by atoms with Crippen molar-refractivity contribution < 1.29 is 19.3 Å². The van der Waals surface area contributed by atoms with Crippen LogP contribution in [0.3, 0.4) is 0 Å². The Hall–Kier alpha value is -1.56. The number of benzene rings is 1. The Morgan fingerprint density at radius 3 is 2.46 bits per heavy atom. The third-order valence-corrected chi connectivity index (χ3v) is 3.49. The van der Waals surface area contributed by atoms with Crippen LogP contribution in [0.15, 0.2) is 30.9 Å². The monoisotopic (exact) mass is 337 g/mol. The lowest BCUT2D eigenvalue weighted by molar-refractivity contribution is 0.0223. The Balaban J connectivity index is 2.72. The van der Waals surface area contributed by atoms with E-state index in [2.05, 4.69) is 25.3 Å². The quantitative estimate of drug-likeness (QED) is 0.469. The Morgan fingerprint density at radius 2 is 1.88 bits per heavy atom. The third kappa shape index (κ3) is 7.34. The van der Waals surface area contributed by atoms with E-state index in [0.717, 1.165) is 30.2 Å². The summed E-state index contributed by atoms with van der Waals surface area (Å²) in [7, 11) is 3.26. The predicted molar refractivity (Wildman–Crippen MR) is 96.7 cm³/mol. The molecule has 5 heteroatoms. The zero-order valence-corrected chi connectivity index (χ0v) is 15.3. The first-order chi connectivity index (χ1) is 11.5. The van der Waals surface area contributed by atoms with E-state index in [-0.39, 0.29) is 0 Å². The molecule has 0 radical (unpaired) electrons. The van der Waals surface area contributed by atoms with Crippen LogP contribution < -0.4 is 9.47 Å². The molecule has 0 aliphatic carbocycles. The van der Waals surface area contributed by atoms with Crippen LogP contribution >= 0.6 is 0 Å². The summed E-state index contributed by atoms with van der Waals surface area (Å²) < 4.78 is 16.0. The Morgan fingerprint density at radius 1 is 1.17 bits per heavy atom. The molecule has 0 heterocycles. The highest BCUT2D eigenvalue weighted by atomic mass is 16.5. The molecular weight excluding hydrogens is 306 g/mol. The van der Waals surface area contributed by atoms with Crippen molar-refractivity contribution in [3.63, 3.8) is 0 Å². The van der Waals surface area contributed by atoms with Crippen molar-refractivity contribution in [1.29, 1.82) is 0 Å². The van der Waals surface area contributed by atoms with Gasteiger partial charge in [0.1, 0.15) is 0 Å². The molecule has 0 bridgehead atoms. The average Bonchev–Trinajstić information content (AvgIpc) is 2.54. The molecule has 1 N–H and O–H groups in total. The first-order valence-corrected chi connectivity index (χ1v) is 8.30. The van der Waals surface area contributed by atoms with Crippen molar-refractivity contribution >= 4 is 0 Å². The fourth-order valence-electron chi connectivity index (χ4n) is 2.60. The van der Waals surface area contributed by atoms with Crippen LogP contribution in [0.1, 0.15) is 19.4 Å². The van der Waals surface area contributed by atoms with Crippen LogP contribution in [0, 0.1) is 5.92 Å². The van der Waals surface area contributed by atoms with Gasteiger partial charge < -0.3 is 19.3 Å². The fraction of sp³-hybridized carbons (Fsp3) is 0.579. The molecule has 0 aliphatic rings. The number of aliphatic hydroxyl groups is 1. The summed E-state index contributed by atoms with van der Waals surface area (Å²) >= 11 is 0. The maximum absolute atomic E-state index is 10.2. The minimum absolute atomic E-state index is 0.312. The van der Waals surface area contributed by atoms with E-state index in [9.17, 15) is 5.11 Å². The SMILES string of the molecule is C=CCOCC(O)CN(Cc1ccc(OC)c(OC)c1)CC(C)C. The molecular formula is C19H31NO4. The minimum atomic E-state index is -0.524. The number of methoxy groups -OCH3 is 2. The highest BCUT2D eigenvalue weighted by Gasteiger charge is 2.15. The summed E-state index contributed by atoms with van der Waals surface area (Å²) in [6.07, 6.45) is 1.16. The van der Waals surface area contributed by atoms with Gasteiger partial charge in [-0.05, 0) is 23.6 Å². The van der Waals surface area contributed by atoms with Crippen LogP contribution in [-0.4, -0.2) is 56.6 Å². The van der Waals surface area contributed by atoms with Gasteiger partial charge in [-0.2, -0.15) is 0 Å². The van der Waals surface area contributed by atoms with Crippen molar-refractivity contribution in [2.24, 2.45) is 5.92 Å². The van der Waals surface area contributed by atoms with E-state index < -0.39 is 6.10 Å². The van der Waals surface area contributed by atoms with Crippen LogP contribution in [0.2, 0.25) is 0 Å². The number of hydrogen-bond donors (Lipinski definition) is 1. The molecule has 0 spiro atoms. The van der Waals surface area contributed by atoms with Crippen LogP contribution in [0.25, 0.3) is 0 Å². The number of aliphatic hydroxyl groups excluding tert-OH is 1. The summed E-state index contributed by atoms with van der Waals surface area (Å²) in [4.78, 5) is 2.23. The highest BCUT2D eigenvalue weighted by Crippen LogP contribution is 2.28. The molecule has 24 heavy (non-hydrogen) atoms. The van der Waals surface area contributed by atoms with Crippen molar-refractivity contribution in [3.05, 3.63) is 36.4 Å². The van der Waals surface area contributed by atoms with Crippen molar-refractivity contribution in [2.45, 2.75) is 26.5 Å². The lowest BCUT2D eigenvalue weighted by atomic mass is 10.1. The molecule has 0 amide bonds. The second-order valence-electron chi connectivity index (χ2n) is 6.26. The Bertz CT molecular complexity index is 490. The largest absolute Gasteiger partial charge is 0.493 e. The Labute approximate surface area is 145 Å². The van der Waals surface area contributed by atoms with E-state index in [1.807, 2.05) is 18.2 Å². The summed E-state index contributed by atoms with van der Waals surface area (Å²) in [5.74, 6) is 1.94. The van der Waals surface area contributed by atoms with Crippen molar-refractivity contribution in [3.8, 4) is 11.5 Å². The van der Waals surface area contributed by atoms with Crippen LogP contribution in [-0.2, 0) is 11.3 Å². The minimum Gasteiger partial charge on any atom is -0.493 e. The standard InChI is InChI=1S/C19H31NO4/c1-6-9-24-14-17(21)13-20(11-15(2)3)12-16-7-8-18(22-4)19(10-16)23-5/h6-8,10,15,17,21H,1,9,11-14H2,2-5H3. The normalized spacial score (nSPS) is 12.5. The smallest absolute Gasteiger partial charge is 0.161 e. The molecule has 1 unspecified atom stereocenters. The number of nitrogens with zero attached hydrogens (tertiary/aromatic N) is 1. The van der Waals surface area contributed by atoms with Gasteiger partial charge >= 0.3 is 0 Å². The second kappa shape index (κ2) is 11.1. The van der Waals surface area contributed by atoms with E-state index in [1.54, 1.807) is 20.3 Å². The second-order valence-corrected chi connectivity index (χ2v) is 6.26. The van der Waals surface area contributed by atoms with Gasteiger partial charge in [0.15, 0.2) is 11.5 Å². The van der Waals surface area contributed by atoms with Crippen molar-refractivity contribution in [1.82, 2.24) is 4.90 Å². The molecule has 1 rings (SSSR count). The first-order valence-electron chi connectivity index (χ1n) is 8.30. The van der Waals surface area contributed by atoms with Gasteiger partial charge in [0.2, 0.25) is 0 Å². The maximum Gasteiger partial charge on any atom is 0.161 e. The zero-order chi connectivity index (χ0) is 17.9. The molecule has 0 aromatic heterocycles. The van der Waals surface area contributed by atoms with Crippen LogP contribution in [0.4, 0.5) is 0 Å². The molecule has 0 saturated heterocycles. The number of hydrogen-bond acceptors (Lipinski definition) is 5. The van der Waals surface area contributed by atoms with E-state index in [1.165, 1.54) is 0 Å². The fourth-order valence-corrected chi connectivity index (χ4v) is 2.60. The van der Waals surface area contributed by atoms with Gasteiger partial charge in [0, 0.05) is 19.6 Å². The zero-order valence-electron chi connectivity index (χ0n) is 15.3. The molecule has 0 saturated carbocycles. The lowest BCUT2D eigenvalue weighted by Crippen LogP contribution is -2.36. The van der Waals surface area contributed by atoms with Gasteiger partial charge in [-0.1, -0.05) is 26.0 Å². The summed E-state index contributed by atoms with van der Waals surface area (Å²) in [6, 6.07) is 5.91.